The van der Waals surface area contributed by atoms with Crippen molar-refractivity contribution in [3.8, 4) is 11.5 Å². The molecule has 0 N–H and O–H groups in total. The second-order valence-corrected chi connectivity index (χ2v) is 11.9. The van der Waals surface area contributed by atoms with Crippen LogP contribution in [-0.2, 0) is 20.0 Å². The molecule has 1 aliphatic rings. The first-order valence-electron chi connectivity index (χ1n) is 11.0. The Morgan fingerprint density at radius 2 is 1.30 bits per heavy atom. The van der Waals surface area contributed by atoms with Crippen LogP contribution in [0.3, 0.4) is 0 Å². The topological polar surface area (TPSA) is 93.2 Å². The van der Waals surface area contributed by atoms with Crippen LogP contribution in [0.2, 0.25) is 0 Å². The number of aryl methyl sites for hydroxylation is 2. The summed E-state index contributed by atoms with van der Waals surface area (Å²) in [4.78, 5) is 0.350. The molecule has 0 amide bonds. The van der Waals surface area contributed by atoms with Crippen molar-refractivity contribution in [2.45, 2.75) is 50.5 Å². The van der Waals surface area contributed by atoms with Crippen LogP contribution in [0, 0.1) is 13.8 Å². The minimum Gasteiger partial charge on any atom is -0.494 e. The predicted molar refractivity (Wildman–Crippen MR) is 127 cm³/mol. The van der Waals surface area contributed by atoms with E-state index in [1.54, 1.807) is 45.0 Å². The Bertz CT molecular complexity index is 1210. The largest absolute Gasteiger partial charge is 0.494 e. The molecule has 0 bridgehead atoms. The normalized spacial score (nSPS) is 18.3. The zero-order valence-corrected chi connectivity index (χ0v) is 21.4. The second-order valence-electron chi connectivity index (χ2n) is 8.05. The highest BCUT2D eigenvalue weighted by molar-refractivity contribution is 7.89. The Labute approximate surface area is 197 Å². The van der Waals surface area contributed by atoms with Crippen molar-refractivity contribution in [3.05, 3.63) is 47.5 Å². The summed E-state index contributed by atoms with van der Waals surface area (Å²) in [6.07, 6.45) is 0. The lowest BCUT2D eigenvalue weighted by atomic mass is 10.2. The van der Waals surface area contributed by atoms with E-state index in [-0.39, 0.29) is 29.4 Å². The highest BCUT2D eigenvalue weighted by Gasteiger charge is 2.38. The molecule has 1 atom stereocenters. The van der Waals surface area contributed by atoms with E-state index >= 15 is 0 Å². The van der Waals surface area contributed by atoms with Crippen molar-refractivity contribution < 1.29 is 26.3 Å². The van der Waals surface area contributed by atoms with Crippen LogP contribution in [0.4, 0.5) is 0 Å². The zero-order valence-electron chi connectivity index (χ0n) is 19.7. The van der Waals surface area contributed by atoms with Crippen LogP contribution in [0.15, 0.2) is 46.2 Å². The molecule has 33 heavy (non-hydrogen) atoms. The number of nitrogens with zero attached hydrogens (tertiary/aromatic N) is 2. The minimum absolute atomic E-state index is 0.0732. The SMILES string of the molecule is CCOc1ccc(S(=O)(=O)N2CCN(S(=O)(=O)c3ccc(OCC)c(C)c3)C(C)C2)cc1C. The van der Waals surface area contributed by atoms with Gasteiger partial charge in [-0.3, -0.25) is 0 Å². The fraction of sp³-hybridized carbons (Fsp3) is 0.478. The molecule has 0 aliphatic carbocycles. The molecule has 8 nitrogen and oxygen atoms in total. The van der Waals surface area contributed by atoms with Crippen LogP contribution in [-0.4, -0.2) is 64.3 Å². The van der Waals surface area contributed by atoms with Crippen LogP contribution in [0.25, 0.3) is 0 Å². The van der Waals surface area contributed by atoms with Gasteiger partial charge in [-0.25, -0.2) is 16.8 Å². The number of benzene rings is 2. The molecule has 0 saturated carbocycles. The summed E-state index contributed by atoms with van der Waals surface area (Å²) in [5.74, 6) is 1.29. The van der Waals surface area contributed by atoms with E-state index in [9.17, 15) is 16.8 Å². The molecule has 0 radical (unpaired) electrons. The van der Waals surface area contributed by atoms with Gasteiger partial charge in [-0.05, 0) is 82.1 Å². The Hall–Kier alpha value is -2.14. The number of hydrogen-bond donors (Lipinski definition) is 0. The van der Waals surface area contributed by atoms with E-state index < -0.39 is 26.1 Å². The van der Waals surface area contributed by atoms with E-state index in [1.165, 1.54) is 20.7 Å². The quantitative estimate of drug-likeness (QED) is 0.557. The van der Waals surface area contributed by atoms with Crippen LogP contribution in [0.5, 0.6) is 11.5 Å². The molecule has 1 fully saturated rings. The molecular weight excluding hydrogens is 464 g/mol. The van der Waals surface area contributed by atoms with E-state index in [2.05, 4.69) is 0 Å². The molecule has 2 aromatic rings. The standard InChI is InChI=1S/C23H32N2O6S2/c1-6-30-22-10-8-20(14-17(22)3)32(26,27)24-12-13-25(19(5)16-24)33(28,29)21-9-11-23(31-7-2)18(4)15-21/h8-11,14-15,19H,6-7,12-13,16H2,1-5H3. The van der Waals surface area contributed by atoms with Crippen molar-refractivity contribution in [1.29, 1.82) is 0 Å². The van der Waals surface area contributed by atoms with Gasteiger partial charge in [0, 0.05) is 25.7 Å². The predicted octanol–water partition coefficient (Wildman–Crippen LogP) is 3.18. The van der Waals surface area contributed by atoms with Crippen LogP contribution >= 0.6 is 0 Å². The molecule has 0 aromatic heterocycles. The third-order valence-electron chi connectivity index (χ3n) is 5.67. The first-order chi connectivity index (χ1) is 15.5. The van der Waals surface area contributed by atoms with Gasteiger partial charge >= 0.3 is 0 Å². The molecule has 1 heterocycles. The first-order valence-corrected chi connectivity index (χ1v) is 13.9. The summed E-state index contributed by atoms with van der Waals surface area (Å²) in [5.41, 5.74) is 1.47. The monoisotopic (exact) mass is 496 g/mol. The average Bonchev–Trinajstić information content (AvgIpc) is 2.76. The highest BCUT2D eigenvalue weighted by Crippen LogP contribution is 2.29. The number of hydrogen-bond acceptors (Lipinski definition) is 6. The zero-order chi connectivity index (χ0) is 24.4. The molecule has 1 saturated heterocycles. The molecule has 1 aliphatic heterocycles. The highest BCUT2D eigenvalue weighted by atomic mass is 32.2. The molecule has 2 aromatic carbocycles. The lowest BCUT2D eigenvalue weighted by molar-refractivity contribution is 0.212. The van der Waals surface area contributed by atoms with Gasteiger partial charge in [-0.2, -0.15) is 8.61 Å². The van der Waals surface area contributed by atoms with Crippen molar-refractivity contribution in [1.82, 2.24) is 8.61 Å². The maximum absolute atomic E-state index is 13.3. The molecule has 182 valence electrons. The fourth-order valence-electron chi connectivity index (χ4n) is 3.97. The summed E-state index contributed by atoms with van der Waals surface area (Å²) in [6.45, 7) is 10.3. The summed E-state index contributed by atoms with van der Waals surface area (Å²) in [7, 11) is -7.54. The van der Waals surface area contributed by atoms with Gasteiger partial charge in [0.1, 0.15) is 11.5 Å². The smallest absolute Gasteiger partial charge is 0.243 e. The third kappa shape index (κ3) is 5.18. The fourth-order valence-corrected chi connectivity index (χ4v) is 7.26. The summed E-state index contributed by atoms with van der Waals surface area (Å²) in [6, 6.07) is 9.05. The summed E-state index contributed by atoms with van der Waals surface area (Å²) in [5, 5.41) is 0. The number of ether oxygens (including phenoxy) is 2. The second kappa shape index (κ2) is 10.0. The van der Waals surface area contributed by atoms with Gasteiger partial charge in [-0.1, -0.05) is 0 Å². The maximum Gasteiger partial charge on any atom is 0.243 e. The first kappa shape index (κ1) is 25.5. The van der Waals surface area contributed by atoms with E-state index in [0.29, 0.717) is 24.7 Å². The lowest BCUT2D eigenvalue weighted by Crippen LogP contribution is -2.55. The van der Waals surface area contributed by atoms with Crippen LogP contribution in [0.1, 0.15) is 31.9 Å². The Kier molecular flexibility index (Phi) is 7.73. The number of piperazine rings is 1. The minimum atomic E-state index is -3.78. The molecule has 10 heteroatoms. The van der Waals surface area contributed by atoms with Crippen molar-refractivity contribution in [3.63, 3.8) is 0 Å². The maximum atomic E-state index is 13.3. The van der Waals surface area contributed by atoms with Crippen molar-refractivity contribution >= 4 is 20.0 Å². The Balaban J connectivity index is 1.80. The van der Waals surface area contributed by atoms with Gasteiger partial charge in [0.05, 0.1) is 23.0 Å². The lowest BCUT2D eigenvalue weighted by Gasteiger charge is -2.38. The molecule has 1 unspecified atom stereocenters. The van der Waals surface area contributed by atoms with E-state index in [4.69, 9.17) is 9.47 Å². The van der Waals surface area contributed by atoms with Gasteiger partial charge in [0.2, 0.25) is 20.0 Å². The summed E-state index contributed by atoms with van der Waals surface area (Å²) < 4.78 is 66.8. The van der Waals surface area contributed by atoms with Crippen molar-refractivity contribution in [2.75, 3.05) is 32.8 Å². The van der Waals surface area contributed by atoms with Gasteiger partial charge < -0.3 is 9.47 Å². The molecule has 3 rings (SSSR count). The number of sulfonamides is 2. The van der Waals surface area contributed by atoms with E-state index in [1.807, 2.05) is 13.8 Å². The van der Waals surface area contributed by atoms with Crippen LogP contribution < -0.4 is 9.47 Å². The third-order valence-corrected chi connectivity index (χ3v) is 9.54. The Morgan fingerprint density at radius 1 is 0.818 bits per heavy atom. The summed E-state index contributed by atoms with van der Waals surface area (Å²) >= 11 is 0. The number of rotatable bonds is 8. The Morgan fingerprint density at radius 3 is 1.73 bits per heavy atom. The van der Waals surface area contributed by atoms with Crippen molar-refractivity contribution in [2.24, 2.45) is 0 Å². The average molecular weight is 497 g/mol. The van der Waals surface area contributed by atoms with Gasteiger partial charge in [-0.15, -0.1) is 0 Å². The van der Waals surface area contributed by atoms with E-state index in [0.717, 1.165) is 11.1 Å². The molecular formula is C23H32N2O6S2. The molecule has 0 spiro atoms. The van der Waals surface area contributed by atoms with Gasteiger partial charge in [0.25, 0.3) is 0 Å². The van der Waals surface area contributed by atoms with Gasteiger partial charge in [0.15, 0.2) is 0 Å².